The summed E-state index contributed by atoms with van der Waals surface area (Å²) in [6.45, 7) is 1.15. The van der Waals surface area contributed by atoms with Crippen LogP contribution in [0.15, 0.2) is 29.2 Å². The monoisotopic (exact) mass is 193 g/mol. The van der Waals surface area contributed by atoms with Crippen LogP contribution in [-0.4, -0.2) is 6.54 Å². The molecular weight excluding hydrogens is 178 g/mol. The summed E-state index contributed by atoms with van der Waals surface area (Å²) in [5.41, 5.74) is 1.38. The van der Waals surface area contributed by atoms with Crippen molar-refractivity contribution in [2.24, 2.45) is 0 Å². The number of hydrogen-bond donors (Lipinski definition) is 2. The van der Waals surface area contributed by atoms with Crippen LogP contribution in [0.2, 0.25) is 0 Å². The number of nitrogens with one attached hydrogen (secondary N) is 1. The molecule has 2 heteroatoms. The van der Waals surface area contributed by atoms with Crippen molar-refractivity contribution in [3.05, 3.63) is 29.8 Å². The maximum Gasteiger partial charge on any atom is 0.0320 e. The van der Waals surface area contributed by atoms with E-state index in [1.54, 1.807) is 0 Å². The molecule has 0 aliphatic carbocycles. The minimum Gasteiger partial charge on any atom is -0.310 e. The second kappa shape index (κ2) is 4.16. The van der Waals surface area contributed by atoms with Gasteiger partial charge in [0.05, 0.1) is 0 Å². The van der Waals surface area contributed by atoms with Crippen molar-refractivity contribution in [3.8, 4) is 0 Å². The lowest BCUT2D eigenvalue weighted by Crippen LogP contribution is -2.26. The first kappa shape index (κ1) is 9.10. The highest BCUT2D eigenvalue weighted by Gasteiger charge is 2.13. The highest BCUT2D eigenvalue weighted by molar-refractivity contribution is 7.80. The number of benzene rings is 1. The van der Waals surface area contributed by atoms with Crippen molar-refractivity contribution in [1.82, 2.24) is 5.32 Å². The van der Waals surface area contributed by atoms with Gasteiger partial charge in [0.1, 0.15) is 0 Å². The molecule has 1 aromatic carbocycles. The Kier molecular flexibility index (Phi) is 2.91. The zero-order valence-corrected chi connectivity index (χ0v) is 8.56. The van der Waals surface area contributed by atoms with E-state index in [-0.39, 0.29) is 0 Å². The van der Waals surface area contributed by atoms with E-state index < -0.39 is 0 Å². The Morgan fingerprint density at radius 3 is 2.92 bits per heavy atom. The van der Waals surface area contributed by atoms with Gasteiger partial charge in [-0.1, -0.05) is 18.6 Å². The van der Waals surface area contributed by atoms with Gasteiger partial charge in [-0.05, 0) is 37.1 Å². The van der Waals surface area contributed by atoms with E-state index in [4.69, 9.17) is 0 Å². The van der Waals surface area contributed by atoms with E-state index in [1.807, 2.05) is 6.07 Å². The van der Waals surface area contributed by atoms with Crippen LogP contribution in [0.25, 0.3) is 0 Å². The number of piperidine rings is 1. The van der Waals surface area contributed by atoms with Crippen LogP contribution in [-0.2, 0) is 0 Å². The summed E-state index contributed by atoms with van der Waals surface area (Å²) < 4.78 is 0. The molecule has 1 fully saturated rings. The lowest BCUT2D eigenvalue weighted by molar-refractivity contribution is 0.412. The van der Waals surface area contributed by atoms with Gasteiger partial charge in [-0.25, -0.2) is 0 Å². The smallest absolute Gasteiger partial charge is 0.0320 e. The average molecular weight is 193 g/mol. The SMILES string of the molecule is Sc1cccc([C@H]2CCCCN2)c1. The van der Waals surface area contributed by atoms with Gasteiger partial charge >= 0.3 is 0 Å². The maximum absolute atomic E-state index is 4.35. The Balaban J connectivity index is 2.14. The summed E-state index contributed by atoms with van der Waals surface area (Å²) in [5, 5.41) is 3.53. The Labute approximate surface area is 85.0 Å². The quantitative estimate of drug-likeness (QED) is 0.654. The number of rotatable bonds is 1. The molecule has 1 N–H and O–H groups in total. The minimum absolute atomic E-state index is 0.556. The minimum atomic E-state index is 0.556. The molecule has 0 radical (unpaired) electrons. The second-order valence-electron chi connectivity index (χ2n) is 3.60. The van der Waals surface area contributed by atoms with E-state index in [0.29, 0.717) is 6.04 Å². The Morgan fingerprint density at radius 1 is 1.31 bits per heavy atom. The summed E-state index contributed by atoms with van der Waals surface area (Å²) in [6.07, 6.45) is 3.92. The third-order valence-electron chi connectivity index (χ3n) is 2.58. The van der Waals surface area contributed by atoms with Crippen molar-refractivity contribution >= 4 is 12.6 Å². The first-order valence-electron chi connectivity index (χ1n) is 4.88. The van der Waals surface area contributed by atoms with E-state index in [1.165, 1.54) is 24.8 Å². The van der Waals surface area contributed by atoms with Crippen LogP contribution >= 0.6 is 12.6 Å². The topological polar surface area (TPSA) is 12.0 Å². The van der Waals surface area contributed by atoms with Crippen molar-refractivity contribution in [3.63, 3.8) is 0 Å². The van der Waals surface area contributed by atoms with Gasteiger partial charge in [-0.15, -0.1) is 12.6 Å². The number of thiol groups is 1. The third-order valence-corrected chi connectivity index (χ3v) is 2.86. The van der Waals surface area contributed by atoms with Gasteiger partial charge in [0.15, 0.2) is 0 Å². The van der Waals surface area contributed by atoms with E-state index in [2.05, 4.69) is 36.1 Å². The summed E-state index contributed by atoms with van der Waals surface area (Å²) >= 11 is 4.35. The molecule has 1 atom stereocenters. The Hall–Kier alpha value is -0.470. The fourth-order valence-corrected chi connectivity index (χ4v) is 2.11. The van der Waals surface area contributed by atoms with Crippen LogP contribution < -0.4 is 5.32 Å². The highest BCUT2D eigenvalue weighted by Crippen LogP contribution is 2.24. The molecule has 0 spiro atoms. The molecule has 1 nitrogen and oxygen atoms in total. The molecule has 0 bridgehead atoms. The lowest BCUT2D eigenvalue weighted by Gasteiger charge is -2.23. The molecule has 0 unspecified atom stereocenters. The molecule has 1 aromatic rings. The number of hydrogen-bond acceptors (Lipinski definition) is 2. The summed E-state index contributed by atoms with van der Waals surface area (Å²) in [7, 11) is 0. The van der Waals surface area contributed by atoms with Gasteiger partial charge in [-0.3, -0.25) is 0 Å². The zero-order valence-electron chi connectivity index (χ0n) is 7.66. The summed E-state index contributed by atoms with van der Waals surface area (Å²) in [5.74, 6) is 0. The van der Waals surface area contributed by atoms with Crippen LogP contribution in [0, 0.1) is 0 Å². The molecule has 1 saturated heterocycles. The molecule has 2 rings (SSSR count). The molecule has 0 amide bonds. The molecule has 1 aliphatic heterocycles. The molecule has 1 heterocycles. The van der Waals surface area contributed by atoms with E-state index in [0.717, 1.165) is 11.4 Å². The van der Waals surface area contributed by atoms with Gasteiger partial charge in [0.2, 0.25) is 0 Å². The van der Waals surface area contributed by atoms with Crippen LogP contribution in [0.3, 0.4) is 0 Å². The largest absolute Gasteiger partial charge is 0.310 e. The molecular formula is C11H15NS. The maximum atomic E-state index is 4.35. The second-order valence-corrected chi connectivity index (χ2v) is 4.11. The zero-order chi connectivity index (χ0) is 9.10. The first-order valence-corrected chi connectivity index (χ1v) is 5.33. The molecule has 1 aliphatic rings. The van der Waals surface area contributed by atoms with Crippen LogP contribution in [0.4, 0.5) is 0 Å². The first-order chi connectivity index (χ1) is 6.36. The van der Waals surface area contributed by atoms with E-state index in [9.17, 15) is 0 Å². The van der Waals surface area contributed by atoms with Gasteiger partial charge in [-0.2, -0.15) is 0 Å². The molecule has 0 saturated carbocycles. The Morgan fingerprint density at radius 2 is 2.23 bits per heavy atom. The van der Waals surface area contributed by atoms with Crippen LogP contribution in [0.5, 0.6) is 0 Å². The van der Waals surface area contributed by atoms with Crippen molar-refractivity contribution in [2.75, 3.05) is 6.54 Å². The fourth-order valence-electron chi connectivity index (χ4n) is 1.88. The van der Waals surface area contributed by atoms with Gasteiger partial charge in [0, 0.05) is 10.9 Å². The third kappa shape index (κ3) is 2.26. The summed E-state index contributed by atoms with van der Waals surface area (Å²) in [6, 6.07) is 9.00. The fraction of sp³-hybridized carbons (Fsp3) is 0.455. The lowest BCUT2D eigenvalue weighted by atomic mass is 9.98. The van der Waals surface area contributed by atoms with Crippen molar-refractivity contribution in [2.45, 2.75) is 30.2 Å². The molecule has 0 aromatic heterocycles. The van der Waals surface area contributed by atoms with Crippen molar-refractivity contribution < 1.29 is 0 Å². The van der Waals surface area contributed by atoms with E-state index >= 15 is 0 Å². The molecule has 70 valence electrons. The summed E-state index contributed by atoms with van der Waals surface area (Å²) in [4.78, 5) is 1.06. The Bertz CT molecular complexity index is 279. The van der Waals surface area contributed by atoms with Gasteiger partial charge in [0.25, 0.3) is 0 Å². The molecule has 13 heavy (non-hydrogen) atoms. The van der Waals surface area contributed by atoms with Crippen LogP contribution in [0.1, 0.15) is 30.9 Å². The highest BCUT2D eigenvalue weighted by atomic mass is 32.1. The predicted octanol–water partition coefficient (Wildman–Crippen LogP) is 2.79. The van der Waals surface area contributed by atoms with Crippen molar-refractivity contribution in [1.29, 1.82) is 0 Å². The predicted molar refractivity (Wildman–Crippen MR) is 58.3 cm³/mol. The standard InChI is InChI=1S/C11H15NS/c13-10-5-3-4-9(8-10)11-6-1-2-7-12-11/h3-5,8,11-13H,1-2,6-7H2/t11-/m1/s1. The van der Waals surface area contributed by atoms with Gasteiger partial charge < -0.3 is 5.32 Å². The normalized spacial score (nSPS) is 23.0. The average Bonchev–Trinajstić information content (AvgIpc) is 2.19.